The summed E-state index contributed by atoms with van der Waals surface area (Å²) < 4.78 is 2.88. The first-order valence-corrected chi connectivity index (χ1v) is 5.08. The SMILES string of the molecule is Cn1ncnc1Cn1cnc(Cl)c(Cl)c1=O. The minimum absolute atomic E-state index is 0.000817. The van der Waals surface area contributed by atoms with Crippen molar-refractivity contribution in [1.29, 1.82) is 0 Å². The highest BCUT2D eigenvalue weighted by Gasteiger charge is 2.09. The van der Waals surface area contributed by atoms with Crippen LogP contribution in [0.4, 0.5) is 0 Å². The summed E-state index contributed by atoms with van der Waals surface area (Å²) in [4.78, 5) is 19.5. The lowest BCUT2D eigenvalue weighted by molar-refractivity contribution is 0.633. The van der Waals surface area contributed by atoms with Crippen molar-refractivity contribution in [2.45, 2.75) is 6.54 Å². The van der Waals surface area contributed by atoms with Crippen molar-refractivity contribution < 1.29 is 0 Å². The number of halogens is 2. The molecule has 0 atom stereocenters. The van der Waals surface area contributed by atoms with Crippen LogP contribution in [0.15, 0.2) is 17.4 Å². The van der Waals surface area contributed by atoms with Crippen molar-refractivity contribution in [3.63, 3.8) is 0 Å². The van der Waals surface area contributed by atoms with E-state index in [0.717, 1.165) is 0 Å². The maximum absolute atomic E-state index is 11.7. The molecule has 6 nitrogen and oxygen atoms in total. The van der Waals surface area contributed by atoms with Gasteiger partial charge in [-0.1, -0.05) is 23.2 Å². The lowest BCUT2D eigenvalue weighted by Crippen LogP contribution is -2.23. The fourth-order valence-corrected chi connectivity index (χ4v) is 1.45. The first kappa shape index (κ1) is 11.1. The molecule has 0 aromatic carbocycles. The molecule has 0 aliphatic carbocycles. The third kappa shape index (κ3) is 1.94. The summed E-state index contributed by atoms with van der Waals surface area (Å²) >= 11 is 11.3. The van der Waals surface area contributed by atoms with Crippen molar-refractivity contribution in [3.8, 4) is 0 Å². The zero-order chi connectivity index (χ0) is 11.7. The van der Waals surface area contributed by atoms with E-state index >= 15 is 0 Å². The quantitative estimate of drug-likeness (QED) is 0.746. The molecule has 8 heteroatoms. The maximum Gasteiger partial charge on any atom is 0.274 e. The fraction of sp³-hybridized carbons (Fsp3) is 0.250. The van der Waals surface area contributed by atoms with Crippen molar-refractivity contribution in [3.05, 3.63) is 39.0 Å². The number of hydrogen-bond donors (Lipinski definition) is 0. The Labute approximate surface area is 100 Å². The van der Waals surface area contributed by atoms with E-state index in [4.69, 9.17) is 23.2 Å². The Morgan fingerprint density at radius 3 is 2.75 bits per heavy atom. The van der Waals surface area contributed by atoms with Gasteiger partial charge in [0.25, 0.3) is 5.56 Å². The highest BCUT2D eigenvalue weighted by Crippen LogP contribution is 2.12. The molecule has 0 N–H and O–H groups in total. The van der Waals surface area contributed by atoms with Crippen LogP contribution in [-0.2, 0) is 13.6 Å². The van der Waals surface area contributed by atoms with Gasteiger partial charge in [-0.2, -0.15) is 5.10 Å². The molecule has 0 aliphatic heterocycles. The second-order valence-electron chi connectivity index (χ2n) is 3.08. The summed E-state index contributed by atoms with van der Waals surface area (Å²) in [6, 6.07) is 0. The normalized spacial score (nSPS) is 10.7. The van der Waals surface area contributed by atoms with Crippen molar-refractivity contribution in [1.82, 2.24) is 24.3 Å². The summed E-state index contributed by atoms with van der Waals surface area (Å²) in [6.07, 6.45) is 2.73. The minimum Gasteiger partial charge on any atom is -0.290 e. The molecule has 84 valence electrons. The van der Waals surface area contributed by atoms with Gasteiger partial charge in [0, 0.05) is 7.05 Å². The van der Waals surface area contributed by atoms with Gasteiger partial charge in [-0.25, -0.2) is 9.97 Å². The number of nitrogens with zero attached hydrogens (tertiary/aromatic N) is 5. The molecule has 0 unspecified atom stereocenters. The van der Waals surface area contributed by atoms with E-state index in [-0.39, 0.29) is 16.7 Å². The van der Waals surface area contributed by atoms with Gasteiger partial charge in [0.1, 0.15) is 17.2 Å². The van der Waals surface area contributed by atoms with E-state index in [1.807, 2.05) is 0 Å². The Bertz CT molecular complexity index is 576. The van der Waals surface area contributed by atoms with Crippen LogP contribution in [0.5, 0.6) is 0 Å². The molecule has 16 heavy (non-hydrogen) atoms. The number of aryl methyl sites for hydroxylation is 1. The highest BCUT2D eigenvalue weighted by molar-refractivity contribution is 6.40. The second kappa shape index (κ2) is 4.23. The van der Waals surface area contributed by atoms with Crippen LogP contribution in [0.25, 0.3) is 0 Å². The van der Waals surface area contributed by atoms with E-state index in [0.29, 0.717) is 5.82 Å². The van der Waals surface area contributed by atoms with Gasteiger partial charge in [0.15, 0.2) is 5.15 Å². The van der Waals surface area contributed by atoms with Crippen LogP contribution in [0.2, 0.25) is 10.2 Å². The topological polar surface area (TPSA) is 65.6 Å². The highest BCUT2D eigenvalue weighted by atomic mass is 35.5. The van der Waals surface area contributed by atoms with Gasteiger partial charge in [-0.3, -0.25) is 14.0 Å². The number of hydrogen-bond acceptors (Lipinski definition) is 4. The molecule has 2 rings (SSSR count). The molecule has 0 fully saturated rings. The molecular weight excluding hydrogens is 253 g/mol. The number of rotatable bonds is 2. The van der Waals surface area contributed by atoms with Gasteiger partial charge in [0.05, 0.1) is 12.9 Å². The average Bonchev–Trinajstić information content (AvgIpc) is 2.65. The van der Waals surface area contributed by atoms with Crippen LogP contribution < -0.4 is 5.56 Å². The van der Waals surface area contributed by atoms with E-state index in [9.17, 15) is 4.79 Å². The molecule has 2 aromatic rings. The first-order valence-electron chi connectivity index (χ1n) is 4.33. The van der Waals surface area contributed by atoms with Crippen LogP contribution in [0.3, 0.4) is 0 Å². The first-order chi connectivity index (χ1) is 7.59. The Kier molecular flexibility index (Phi) is 2.93. The summed E-state index contributed by atoms with van der Waals surface area (Å²) in [7, 11) is 1.73. The molecule has 0 radical (unpaired) electrons. The molecule has 0 aliphatic rings. The largest absolute Gasteiger partial charge is 0.290 e. The smallest absolute Gasteiger partial charge is 0.274 e. The summed E-state index contributed by atoms with van der Waals surface area (Å²) in [5.74, 6) is 0.627. The van der Waals surface area contributed by atoms with Crippen LogP contribution in [0, 0.1) is 0 Å². The predicted octanol–water partition coefficient (Wildman–Crippen LogP) is 0.727. The van der Waals surface area contributed by atoms with Crippen molar-refractivity contribution in [2.24, 2.45) is 7.05 Å². The average molecular weight is 260 g/mol. The Balaban J connectivity index is 2.40. The van der Waals surface area contributed by atoms with Gasteiger partial charge in [-0.15, -0.1) is 0 Å². The molecule has 0 bridgehead atoms. The molecule has 2 aromatic heterocycles. The monoisotopic (exact) mass is 259 g/mol. The van der Waals surface area contributed by atoms with Gasteiger partial charge < -0.3 is 0 Å². The zero-order valence-corrected chi connectivity index (χ0v) is 9.77. The fourth-order valence-electron chi connectivity index (χ4n) is 1.17. The summed E-state index contributed by atoms with van der Waals surface area (Å²) in [6.45, 7) is 0.249. The summed E-state index contributed by atoms with van der Waals surface area (Å²) in [5.41, 5.74) is -0.398. The zero-order valence-electron chi connectivity index (χ0n) is 8.26. The van der Waals surface area contributed by atoms with Crippen LogP contribution >= 0.6 is 23.2 Å². The van der Waals surface area contributed by atoms with Gasteiger partial charge >= 0.3 is 0 Å². The standard InChI is InChI=1S/C8H7Cl2N5O/c1-14-5(11-3-13-14)2-15-4-12-7(10)6(9)8(15)16/h3-4H,2H2,1H3. The lowest BCUT2D eigenvalue weighted by atomic mass is 10.5. The molecule has 0 spiro atoms. The second-order valence-corrected chi connectivity index (χ2v) is 3.82. The molecular formula is C8H7Cl2N5O. The van der Waals surface area contributed by atoms with E-state index in [1.54, 1.807) is 11.7 Å². The maximum atomic E-state index is 11.7. The third-order valence-electron chi connectivity index (χ3n) is 2.06. The van der Waals surface area contributed by atoms with Crippen molar-refractivity contribution in [2.75, 3.05) is 0 Å². The minimum atomic E-state index is -0.398. The van der Waals surface area contributed by atoms with E-state index in [1.165, 1.54) is 17.2 Å². The number of aromatic nitrogens is 5. The third-order valence-corrected chi connectivity index (χ3v) is 2.78. The van der Waals surface area contributed by atoms with Crippen molar-refractivity contribution >= 4 is 23.2 Å². The van der Waals surface area contributed by atoms with E-state index in [2.05, 4.69) is 15.1 Å². The predicted molar refractivity (Wildman–Crippen MR) is 58.6 cm³/mol. The van der Waals surface area contributed by atoms with E-state index < -0.39 is 5.56 Å². The molecule has 2 heterocycles. The van der Waals surface area contributed by atoms with Crippen LogP contribution in [-0.4, -0.2) is 24.3 Å². The Hall–Kier alpha value is -1.40. The lowest BCUT2D eigenvalue weighted by Gasteiger charge is -2.04. The van der Waals surface area contributed by atoms with Crippen LogP contribution in [0.1, 0.15) is 5.82 Å². The Morgan fingerprint density at radius 1 is 1.38 bits per heavy atom. The molecule has 0 saturated heterocycles. The van der Waals surface area contributed by atoms with Gasteiger partial charge in [-0.05, 0) is 0 Å². The molecule has 0 saturated carbocycles. The summed E-state index contributed by atoms with van der Waals surface area (Å²) in [5, 5.41) is 3.80. The Morgan fingerprint density at radius 2 is 2.12 bits per heavy atom. The van der Waals surface area contributed by atoms with Gasteiger partial charge in [0.2, 0.25) is 0 Å². The molecule has 0 amide bonds.